The molecule has 0 amide bonds. The number of halogens is 2. The van der Waals surface area contributed by atoms with Gasteiger partial charge >= 0.3 is 0 Å². The summed E-state index contributed by atoms with van der Waals surface area (Å²) in [6, 6.07) is 37.5. The van der Waals surface area contributed by atoms with Gasteiger partial charge in [0, 0.05) is 20.4 Å². The molecule has 0 aliphatic heterocycles. The molecule has 0 heterocycles. The summed E-state index contributed by atoms with van der Waals surface area (Å²) in [5.74, 6) is 0. The van der Waals surface area contributed by atoms with E-state index in [0.717, 1.165) is 0 Å². The molecule has 0 saturated carbocycles. The van der Waals surface area contributed by atoms with E-state index in [2.05, 4.69) is 18.2 Å². The molecule has 116 valence electrons. The van der Waals surface area contributed by atoms with E-state index in [0.29, 0.717) is 0 Å². The van der Waals surface area contributed by atoms with E-state index < -0.39 is 0 Å². The largest absolute Gasteiger partial charge is 0.184 e. The minimum Gasteiger partial charge on any atom is -0.184 e. The summed E-state index contributed by atoms with van der Waals surface area (Å²) in [6.07, 6.45) is 0. The first-order chi connectivity index (χ1) is 9.00. The van der Waals surface area contributed by atoms with Crippen molar-refractivity contribution >= 4 is 24.8 Å². The van der Waals surface area contributed by atoms with Crippen molar-refractivity contribution in [2.75, 3.05) is 0 Å². The molecule has 0 radical (unpaired) electrons. The Morgan fingerprint density at radius 3 is 0.571 bits per heavy atom. The predicted molar refractivity (Wildman–Crippen MR) is 90.3 cm³/mol. The number of rotatable bonds is 0. The third kappa shape index (κ3) is 18.9. The van der Waals surface area contributed by atoms with Crippen molar-refractivity contribution in [1.82, 2.24) is 0 Å². The van der Waals surface area contributed by atoms with Crippen molar-refractivity contribution in [2.45, 2.75) is 0 Å². The van der Waals surface area contributed by atoms with Gasteiger partial charge in [-0.05, 0) is 0 Å². The van der Waals surface area contributed by atoms with Gasteiger partial charge in [0.05, 0.1) is 0 Å². The van der Waals surface area contributed by atoms with Crippen LogP contribution < -0.4 is 0 Å². The molecule has 0 aliphatic rings. The zero-order chi connectivity index (χ0) is 12.7. The van der Waals surface area contributed by atoms with Gasteiger partial charge in [-0.1, -0.05) is 0 Å². The normalized spacial score (nSPS) is 6.86. The Morgan fingerprint density at radius 1 is 0.333 bits per heavy atom. The minimum atomic E-state index is 0. The average molecular weight is 411 g/mol. The standard InChI is InChI=1S/3C6H5.2ClH.Pd/c3*1-2-4-6-5-3-1;;;/h3*1-5H;2*1H;/q3*-1;;;. The van der Waals surface area contributed by atoms with Crippen LogP contribution in [0.25, 0.3) is 0 Å². The van der Waals surface area contributed by atoms with E-state index in [4.69, 9.17) is 0 Å². The summed E-state index contributed by atoms with van der Waals surface area (Å²) < 4.78 is 0. The molecule has 0 aliphatic carbocycles. The van der Waals surface area contributed by atoms with Gasteiger partial charge in [-0.25, -0.2) is 0 Å². The maximum absolute atomic E-state index is 2.89. The Labute approximate surface area is 154 Å². The summed E-state index contributed by atoms with van der Waals surface area (Å²) in [5, 5.41) is 0. The van der Waals surface area contributed by atoms with E-state index in [1.165, 1.54) is 0 Å². The second-order valence-electron chi connectivity index (χ2n) is 3.23. The molecule has 0 spiro atoms. The van der Waals surface area contributed by atoms with Gasteiger partial charge in [0.1, 0.15) is 0 Å². The van der Waals surface area contributed by atoms with Gasteiger partial charge in [0.25, 0.3) is 0 Å². The average Bonchev–Trinajstić information content (AvgIpc) is 2.54. The fraction of sp³-hybridized carbons (Fsp3) is 0. The van der Waals surface area contributed by atoms with Gasteiger partial charge in [-0.3, -0.25) is 0 Å². The number of hydrogen-bond donors (Lipinski definition) is 0. The second kappa shape index (κ2) is 21.2. The van der Waals surface area contributed by atoms with Crippen LogP contribution in [0, 0.1) is 18.2 Å². The summed E-state index contributed by atoms with van der Waals surface area (Å²) >= 11 is 0. The van der Waals surface area contributed by atoms with Crippen molar-refractivity contribution < 1.29 is 20.4 Å². The van der Waals surface area contributed by atoms with Crippen molar-refractivity contribution in [2.24, 2.45) is 0 Å². The van der Waals surface area contributed by atoms with E-state index in [1.54, 1.807) is 0 Å². The molecule has 0 saturated heterocycles. The van der Waals surface area contributed by atoms with Crippen LogP contribution in [0.4, 0.5) is 0 Å². The molecular formula is C18H17Cl2Pd-3. The predicted octanol–water partition coefficient (Wildman–Crippen LogP) is 5.30. The maximum atomic E-state index is 2.89. The van der Waals surface area contributed by atoms with Crippen LogP contribution >= 0.6 is 24.8 Å². The van der Waals surface area contributed by atoms with Crippen molar-refractivity contribution in [3.05, 3.63) is 109 Å². The Hall–Kier alpha value is -1.10. The minimum absolute atomic E-state index is 0. The Kier molecular flexibility index (Phi) is 25.1. The van der Waals surface area contributed by atoms with Crippen LogP contribution in [0.2, 0.25) is 0 Å². The molecule has 3 aromatic rings. The van der Waals surface area contributed by atoms with E-state index >= 15 is 0 Å². The molecule has 21 heavy (non-hydrogen) atoms. The third-order valence-corrected chi connectivity index (χ3v) is 1.82. The molecule has 3 heteroatoms. The van der Waals surface area contributed by atoms with Crippen LogP contribution in [-0.4, -0.2) is 0 Å². The molecular weight excluding hydrogens is 394 g/mol. The summed E-state index contributed by atoms with van der Waals surface area (Å²) in [5.41, 5.74) is 0. The van der Waals surface area contributed by atoms with Gasteiger partial charge < -0.3 is 0 Å². The number of benzene rings is 3. The summed E-state index contributed by atoms with van der Waals surface area (Å²) in [7, 11) is 0. The monoisotopic (exact) mass is 409 g/mol. The fourth-order valence-corrected chi connectivity index (χ4v) is 1.03. The zero-order valence-corrected chi connectivity index (χ0v) is 14.5. The molecule has 0 nitrogen and oxygen atoms in total. The van der Waals surface area contributed by atoms with Crippen LogP contribution in [0.5, 0.6) is 0 Å². The molecule has 3 rings (SSSR count). The topological polar surface area (TPSA) is 0 Å². The Bertz CT molecular complexity index is 306. The first kappa shape index (κ1) is 24.9. The third-order valence-electron chi connectivity index (χ3n) is 1.82. The first-order valence-corrected chi connectivity index (χ1v) is 5.73. The quantitative estimate of drug-likeness (QED) is 0.348. The molecule has 0 atom stereocenters. The summed E-state index contributed by atoms with van der Waals surface area (Å²) in [6.45, 7) is 0. The molecule has 0 aromatic heterocycles. The smallest absolute Gasteiger partial charge is 0 e. The van der Waals surface area contributed by atoms with Gasteiger partial charge in [0.15, 0.2) is 0 Å². The molecule has 0 fully saturated rings. The van der Waals surface area contributed by atoms with Crippen LogP contribution in [-0.2, 0) is 20.4 Å². The van der Waals surface area contributed by atoms with Crippen molar-refractivity contribution in [3.8, 4) is 0 Å². The first-order valence-electron chi connectivity index (χ1n) is 5.73. The van der Waals surface area contributed by atoms with Crippen molar-refractivity contribution in [1.29, 1.82) is 0 Å². The second-order valence-corrected chi connectivity index (χ2v) is 3.23. The number of hydrogen-bond acceptors (Lipinski definition) is 0. The molecule has 0 unspecified atom stereocenters. The summed E-state index contributed by atoms with van der Waals surface area (Å²) in [4.78, 5) is 0. The van der Waals surface area contributed by atoms with Crippen molar-refractivity contribution in [3.63, 3.8) is 0 Å². The van der Waals surface area contributed by atoms with E-state index in [1.807, 2.05) is 91.0 Å². The molecule has 3 aromatic carbocycles. The van der Waals surface area contributed by atoms with Crippen LogP contribution in [0.1, 0.15) is 0 Å². The van der Waals surface area contributed by atoms with Gasteiger partial charge in [-0.2, -0.15) is 109 Å². The fourth-order valence-electron chi connectivity index (χ4n) is 1.03. The van der Waals surface area contributed by atoms with Gasteiger partial charge in [0.2, 0.25) is 0 Å². The zero-order valence-electron chi connectivity index (χ0n) is 11.3. The molecule has 0 N–H and O–H groups in total. The van der Waals surface area contributed by atoms with Gasteiger partial charge in [-0.15, -0.1) is 24.8 Å². The maximum Gasteiger partial charge on any atom is 0 e. The van der Waals surface area contributed by atoms with Crippen LogP contribution in [0.15, 0.2) is 91.0 Å². The Morgan fingerprint density at radius 2 is 0.524 bits per heavy atom. The van der Waals surface area contributed by atoms with Crippen LogP contribution in [0.3, 0.4) is 0 Å². The Balaban J connectivity index is -0.000000216. The molecule has 0 bridgehead atoms. The van der Waals surface area contributed by atoms with E-state index in [-0.39, 0.29) is 45.2 Å². The van der Waals surface area contributed by atoms with E-state index in [9.17, 15) is 0 Å². The SMILES string of the molecule is Cl.Cl.[Pd].[c-]1ccccc1.[c-]1ccccc1.[c-]1ccccc1.